The Hall–Kier alpha value is -6.44. The van der Waals surface area contributed by atoms with E-state index in [1.807, 2.05) is 18.7 Å². The molecule has 0 atom stereocenters. The molecule has 0 heterocycles. The first kappa shape index (κ1) is 31.4. The van der Waals surface area contributed by atoms with Gasteiger partial charge in [0.1, 0.15) is 0 Å². The minimum Gasteiger partial charge on any atom is -0.310 e. The van der Waals surface area contributed by atoms with Crippen LogP contribution < -0.4 is 4.90 Å². The first-order chi connectivity index (χ1) is 34.6. The lowest BCUT2D eigenvalue weighted by Gasteiger charge is -2.57. The molecule has 7 aliphatic carbocycles. The Balaban J connectivity index is 0.992. The maximum absolute atomic E-state index is 10.4. The summed E-state index contributed by atoms with van der Waals surface area (Å²) in [5.41, 5.74) is 16.7. The zero-order valence-electron chi connectivity index (χ0n) is 44.5. The average molecular weight is 845 g/mol. The molecular weight excluding hydrogens is 783 g/mol. The Bertz CT molecular complexity index is 3590. The van der Waals surface area contributed by atoms with Gasteiger partial charge in [0.2, 0.25) is 0 Å². The number of benzene rings is 8. The fourth-order valence-corrected chi connectivity index (χ4v) is 14.8. The smallest absolute Gasteiger partial charge is 0.0726 e. The normalized spacial score (nSPS) is 24.1. The number of fused-ring (bicyclic) bond motifs is 13. The summed E-state index contributed by atoms with van der Waals surface area (Å²) >= 11 is 0. The third kappa shape index (κ3) is 5.11. The van der Waals surface area contributed by atoms with Crippen molar-refractivity contribution >= 4 is 17.1 Å². The molecule has 8 aromatic rings. The molecule has 4 fully saturated rings. The highest BCUT2D eigenvalue weighted by molar-refractivity contribution is 5.97. The Labute approximate surface area is 394 Å². The lowest BCUT2D eigenvalue weighted by atomic mass is 9.48. The van der Waals surface area contributed by atoms with Crippen LogP contribution in [-0.4, -0.2) is 0 Å². The van der Waals surface area contributed by atoms with Gasteiger partial charge in [-0.15, -0.1) is 0 Å². The maximum Gasteiger partial charge on any atom is 0.0726 e. The molecule has 0 aromatic heterocycles. The second kappa shape index (κ2) is 13.3. The van der Waals surface area contributed by atoms with Gasteiger partial charge in [-0.3, -0.25) is 0 Å². The van der Waals surface area contributed by atoms with E-state index in [2.05, 4.69) is 141 Å². The van der Waals surface area contributed by atoms with Gasteiger partial charge in [-0.25, -0.2) is 0 Å². The summed E-state index contributed by atoms with van der Waals surface area (Å²) in [4.78, 5) is 2.05. The third-order valence-electron chi connectivity index (χ3n) is 17.0. The van der Waals surface area contributed by atoms with E-state index in [4.69, 9.17) is 5.48 Å². The topological polar surface area (TPSA) is 3.24 Å². The standard InChI is InChI=1S/C64H55N/c1-39-29-45(44-21-23-46(24-22-44)63-36-41-31-42(37-63)33-43(32-41)38-63)30-40(2)61(39)65(47-25-27-53-49-13-5-9-17-55(49)62(3,4)59(53)34-47)48-26-28-54-52-16-8-12-20-58(52)64(60(54)35-48)56-18-10-6-14-50(56)51-15-7-11-19-57(51)64/h5-30,34-35,41-43H,31-33,36-38H2,1-4H3/i5D,9D,13D,17D,25D,27D,34D. The van der Waals surface area contributed by atoms with E-state index in [-0.39, 0.29) is 59.1 Å². The molecule has 0 unspecified atom stereocenters. The van der Waals surface area contributed by atoms with Crippen molar-refractivity contribution in [3.63, 3.8) is 0 Å². The fourth-order valence-electron chi connectivity index (χ4n) is 14.8. The SMILES string of the molecule is [2H]c1c([2H])c([2H])c2c(c1[2H])-c1c([2H])c([2H])c(N(c3ccc4c(c3)C3(c5ccccc5-c5ccccc53)c3ccccc3-4)c3c(C)cc(-c4ccc(C56CC7CC(CC(C7)C5)C6)cc4)cc3C)c([2H])c1C2(C)C. The second-order valence-electron chi connectivity index (χ2n) is 21.0. The first-order valence-electron chi connectivity index (χ1n) is 27.4. The van der Waals surface area contributed by atoms with Crippen molar-refractivity contribution in [3.8, 4) is 44.5 Å². The molecule has 1 nitrogen and oxygen atoms in total. The molecule has 0 amide bonds. The number of nitrogens with zero attached hydrogens (tertiary/aromatic N) is 1. The number of hydrogen-bond donors (Lipinski definition) is 0. The predicted octanol–water partition coefficient (Wildman–Crippen LogP) is 16.6. The largest absolute Gasteiger partial charge is 0.310 e. The molecule has 0 radical (unpaired) electrons. The van der Waals surface area contributed by atoms with E-state index in [9.17, 15) is 4.11 Å². The van der Waals surface area contributed by atoms with Gasteiger partial charge in [-0.05, 0) is 206 Å². The average Bonchev–Trinajstić information content (AvgIpc) is 3.94. The molecule has 4 saturated carbocycles. The van der Waals surface area contributed by atoms with Crippen molar-refractivity contribution in [1.29, 1.82) is 0 Å². The molecule has 7 aliphatic rings. The Morgan fingerprint density at radius 2 is 1.02 bits per heavy atom. The van der Waals surface area contributed by atoms with Crippen LogP contribution in [0.15, 0.2) is 170 Å². The van der Waals surface area contributed by atoms with Crippen LogP contribution in [0.3, 0.4) is 0 Å². The van der Waals surface area contributed by atoms with Gasteiger partial charge in [0.25, 0.3) is 0 Å². The molecule has 0 saturated heterocycles. The van der Waals surface area contributed by atoms with Gasteiger partial charge in [0.05, 0.1) is 20.7 Å². The van der Waals surface area contributed by atoms with Crippen LogP contribution in [0.25, 0.3) is 44.5 Å². The maximum atomic E-state index is 10.4. The fraction of sp³-hybridized carbons (Fsp3) is 0.250. The summed E-state index contributed by atoms with van der Waals surface area (Å²) in [5.74, 6) is 2.62. The van der Waals surface area contributed by atoms with Crippen molar-refractivity contribution in [2.75, 3.05) is 4.90 Å². The van der Waals surface area contributed by atoms with Crippen LogP contribution in [0, 0.1) is 31.6 Å². The highest BCUT2D eigenvalue weighted by Crippen LogP contribution is 2.64. The van der Waals surface area contributed by atoms with Crippen LogP contribution in [0.5, 0.6) is 0 Å². The van der Waals surface area contributed by atoms with Crippen LogP contribution >= 0.6 is 0 Å². The van der Waals surface area contributed by atoms with E-state index in [0.29, 0.717) is 16.5 Å². The Kier molecular flexibility index (Phi) is 6.44. The number of aryl methyl sites for hydroxylation is 2. The van der Waals surface area contributed by atoms with Gasteiger partial charge in [-0.2, -0.15) is 0 Å². The molecule has 0 aliphatic heterocycles. The number of hydrogen-bond acceptors (Lipinski definition) is 1. The van der Waals surface area contributed by atoms with Gasteiger partial charge in [0, 0.05) is 16.8 Å². The van der Waals surface area contributed by atoms with Crippen LogP contribution in [-0.2, 0) is 16.2 Å². The van der Waals surface area contributed by atoms with Crippen molar-refractivity contribution in [2.45, 2.75) is 82.5 Å². The molecule has 0 N–H and O–H groups in total. The minimum absolute atomic E-state index is 0.0299. The summed E-state index contributed by atoms with van der Waals surface area (Å²) in [5, 5.41) is 0. The summed E-state index contributed by atoms with van der Waals surface area (Å²) in [6.45, 7) is 8.00. The molecule has 8 aromatic carbocycles. The molecular formula is C64H55N. The number of anilines is 3. The third-order valence-corrected chi connectivity index (χ3v) is 17.0. The molecule has 1 spiro atoms. The predicted molar refractivity (Wildman–Crippen MR) is 270 cm³/mol. The molecule has 15 rings (SSSR count). The van der Waals surface area contributed by atoms with Crippen LogP contribution in [0.4, 0.5) is 17.1 Å². The second-order valence-corrected chi connectivity index (χ2v) is 21.0. The van der Waals surface area contributed by atoms with Crippen molar-refractivity contribution in [3.05, 3.63) is 220 Å². The zero-order valence-corrected chi connectivity index (χ0v) is 37.5. The van der Waals surface area contributed by atoms with Crippen molar-refractivity contribution in [2.24, 2.45) is 17.8 Å². The minimum atomic E-state index is -1.08. The van der Waals surface area contributed by atoms with E-state index in [0.717, 1.165) is 68.1 Å². The van der Waals surface area contributed by atoms with E-state index >= 15 is 0 Å². The highest BCUT2D eigenvalue weighted by atomic mass is 15.1. The van der Waals surface area contributed by atoms with Crippen LogP contribution in [0.1, 0.15) is 112 Å². The van der Waals surface area contributed by atoms with E-state index in [1.54, 1.807) is 0 Å². The van der Waals surface area contributed by atoms with Crippen molar-refractivity contribution in [1.82, 2.24) is 0 Å². The summed E-state index contributed by atoms with van der Waals surface area (Å²) < 4.78 is 66.0. The van der Waals surface area contributed by atoms with Gasteiger partial charge in [0.15, 0.2) is 0 Å². The van der Waals surface area contributed by atoms with E-state index in [1.165, 1.54) is 71.9 Å². The highest BCUT2D eigenvalue weighted by Gasteiger charge is 2.53. The molecule has 65 heavy (non-hydrogen) atoms. The van der Waals surface area contributed by atoms with Crippen molar-refractivity contribution < 1.29 is 9.60 Å². The quantitative estimate of drug-likeness (QED) is 0.167. The van der Waals surface area contributed by atoms with Gasteiger partial charge >= 0.3 is 0 Å². The zero-order chi connectivity index (χ0) is 49.5. The molecule has 316 valence electrons. The lowest BCUT2D eigenvalue weighted by molar-refractivity contribution is -0.00518. The van der Waals surface area contributed by atoms with Gasteiger partial charge < -0.3 is 4.90 Å². The van der Waals surface area contributed by atoms with E-state index < -0.39 is 10.8 Å². The first-order valence-corrected chi connectivity index (χ1v) is 23.9. The molecule has 1 heteroatoms. The molecule has 4 bridgehead atoms. The lowest BCUT2D eigenvalue weighted by Crippen LogP contribution is -2.48. The summed E-state index contributed by atoms with van der Waals surface area (Å²) in [7, 11) is 0. The van der Waals surface area contributed by atoms with Crippen LogP contribution in [0.2, 0.25) is 0 Å². The Morgan fingerprint density at radius 3 is 1.62 bits per heavy atom. The Morgan fingerprint density at radius 1 is 0.477 bits per heavy atom. The summed E-state index contributed by atoms with van der Waals surface area (Å²) in [6, 6.07) is 45.2. The monoisotopic (exact) mass is 844 g/mol. The number of rotatable bonds is 5. The summed E-state index contributed by atoms with van der Waals surface area (Å²) in [6.07, 6.45) is 8.22. The van der Waals surface area contributed by atoms with Gasteiger partial charge in [-0.1, -0.05) is 147 Å².